The Kier molecular flexibility index (Phi) is 3.33. The number of nitrogens with two attached hydrogens (primary N) is 1. The predicted molar refractivity (Wildman–Crippen MR) is 83.8 cm³/mol. The number of aromatic nitrogens is 2. The SMILES string of the molecule is CCc1nc2ccccc2n1C1CCCC(C)(C)C1N. The summed E-state index contributed by atoms with van der Waals surface area (Å²) in [5, 5.41) is 0. The molecular formula is C17H25N3. The molecule has 0 amide bonds. The number of para-hydroxylation sites is 2. The first-order valence-electron chi connectivity index (χ1n) is 7.76. The number of hydrogen-bond donors (Lipinski definition) is 1. The summed E-state index contributed by atoms with van der Waals surface area (Å²) in [6.07, 6.45) is 4.59. The third-order valence-electron chi connectivity index (χ3n) is 4.95. The Morgan fingerprint density at radius 3 is 2.85 bits per heavy atom. The molecule has 2 atom stereocenters. The van der Waals surface area contributed by atoms with E-state index in [0.29, 0.717) is 6.04 Å². The normalized spacial score (nSPS) is 26.0. The van der Waals surface area contributed by atoms with E-state index in [0.717, 1.165) is 18.4 Å². The quantitative estimate of drug-likeness (QED) is 0.905. The summed E-state index contributed by atoms with van der Waals surface area (Å²) in [5.41, 5.74) is 9.16. The van der Waals surface area contributed by atoms with Gasteiger partial charge in [-0.2, -0.15) is 0 Å². The Hall–Kier alpha value is -1.35. The largest absolute Gasteiger partial charge is 0.325 e. The highest BCUT2D eigenvalue weighted by Crippen LogP contribution is 2.41. The van der Waals surface area contributed by atoms with Crippen molar-refractivity contribution in [1.82, 2.24) is 9.55 Å². The van der Waals surface area contributed by atoms with Gasteiger partial charge in [0, 0.05) is 12.5 Å². The van der Waals surface area contributed by atoms with Crippen molar-refractivity contribution in [3.8, 4) is 0 Å². The fourth-order valence-corrected chi connectivity index (χ4v) is 3.64. The van der Waals surface area contributed by atoms with Crippen LogP contribution < -0.4 is 5.73 Å². The molecule has 3 nitrogen and oxygen atoms in total. The van der Waals surface area contributed by atoms with E-state index in [1.54, 1.807) is 0 Å². The van der Waals surface area contributed by atoms with E-state index in [1.807, 2.05) is 0 Å². The Bertz CT molecular complexity index is 612. The molecule has 0 spiro atoms. The lowest BCUT2D eigenvalue weighted by atomic mass is 9.71. The van der Waals surface area contributed by atoms with Crippen LogP contribution in [-0.4, -0.2) is 15.6 Å². The molecule has 1 heterocycles. The number of aryl methyl sites for hydroxylation is 1. The van der Waals surface area contributed by atoms with Gasteiger partial charge in [-0.3, -0.25) is 0 Å². The van der Waals surface area contributed by atoms with Crippen molar-refractivity contribution < 1.29 is 0 Å². The molecule has 1 fully saturated rings. The molecule has 0 bridgehead atoms. The summed E-state index contributed by atoms with van der Waals surface area (Å²) >= 11 is 0. The maximum Gasteiger partial charge on any atom is 0.109 e. The smallest absolute Gasteiger partial charge is 0.109 e. The molecule has 3 heteroatoms. The lowest BCUT2D eigenvalue weighted by Crippen LogP contribution is -2.47. The molecular weight excluding hydrogens is 246 g/mol. The standard InChI is InChI=1S/C17H25N3/c1-4-15-19-12-8-5-6-9-13(12)20(15)14-10-7-11-17(2,3)16(14)18/h5-6,8-9,14,16H,4,7,10-11,18H2,1-3H3. The number of rotatable bonds is 2. The van der Waals surface area contributed by atoms with Crippen molar-refractivity contribution in [3.05, 3.63) is 30.1 Å². The van der Waals surface area contributed by atoms with Crippen LogP contribution in [-0.2, 0) is 6.42 Å². The third-order valence-corrected chi connectivity index (χ3v) is 4.95. The molecule has 2 N–H and O–H groups in total. The first-order chi connectivity index (χ1) is 9.54. The zero-order chi connectivity index (χ0) is 14.3. The van der Waals surface area contributed by atoms with Gasteiger partial charge in [0.15, 0.2) is 0 Å². The fourth-order valence-electron chi connectivity index (χ4n) is 3.64. The number of nitrogens with zero attached hydrogens (tertiary/aromatic N) is 2. The van der Waals surface area contributed by atoms with Crippen LogP contribution in [0.5, 0.6) is 0 Å². The second-order valence-corrected chi connectivity index (χ2v) is 6.71. The minimum atomic E-state index is 0.194. The summed E-state index contributed by atoms with van der Waals surface area (Å²) in [6.45, 7) is 6.78. The molecule has 0 saturated heterocycles. The minimum Gasteiger partial charge on any atom is -0.325 e. The van der Waals surface area contributed by atoms with Gasteiger partial charge in [0.1, 0.15) is 5.82 Å². The zero-order valence-corrected chi connectivity index (χ0v) is 12.8. The van der Waals surface area contributed by atoms with E-state index in [-0.39, 0.29) is 11.5 Å². The van der Waals surface area contributed by atoms with E-state index < -0.39 is 0 Å². The van der Waals surface area contributed by atoms with Gasteiger partial charge in [-0.1, -0.05) is 39.3 Å². The summed E-state index contributed by atoms with van der Waals surface area (Å²) in [7, 11) is 0. The van der Waals surface area contributed by atoms with Crippen molar-refractivity contribution in [1.29, 1.82) is 0 Å². The van der Waals surface area contributed by atoms with Gasteiger partial charge in [-0.25, -0.2) is 4.98 Å². The van der Waals surface area contributed by atoms with Crippen molar-refractivity contribution in [3.63, 3.8) is 0 Å². The molecule has 1 aliphatic carbocycles. The van der Waals surface area contributed by atoms with Crippen molar-refractivity contribution in [2.45, 2.75) is 58.5 Å². The zero-order valence-electron chi connectivity index (χ0n) is 12.8. The molecule has 0 aliphatic heterocycles. The molecule has 3 rings (SSSR count). The summed E-state index contributed by atoms with van der Waals surface area (Å²) < 4.78 is 2.42. The predicted octanol–water partition coefficient (Wildman–Crippen LogP) is 3.68. The minimum absolute atomic E-state index is 0.194. The van der Waals surface area contributed by atoms with E-state index in [9.17, 15) is 0 Å². The van der Waals surface area contributed by atoms with Crippen LogP contribution >= 0.6 is 0 Å². The summed E-state index contributed by atoms with van der Waals surface area (Å²) in [5.74, 6) is 1.17. The number of hydrogen-bond acceptors (Lipinski definition) is 2. The molecule has 2 aromatic rings. The van der Waals surface area contributed by atoms with Gasteiger partial charge in [0.2, 0.25) is 0 Å². The Morgan fingerprint density at radius 1 is 1.35 bits per heavy atom. The van der Waals surface area contributed by atoms with Crippen molar-refractivity contribution in [2.75, 3.05) is 0 Å². The average molecular weight is 271 g/mol. The van der Waals surface area contributed by atoms with E-state index >= 15 is 0 Å². The van der Waals surface area contributed by atoms with Gasteiger partial charge in [-0.15, -0.1) is 0 Å². The highest BCUT2D eigenvalue weighted by molar-refractivity contribution is 5.76. The molecule has 0 radical (unpaired) electrons. The van der Waals surface area contributed by atoms with Crippen LogP contribution in [0.15, 0.2) is 24.3 Å². The highest BCUT2D eigenvalue weighted by atomic mass is 15.1. The average Bonchev–Trinajstić information content (AvgIpc) is 2.80. The van der Waals surface area contributed by atoms with Crippen LogP contribution in [0, 0.1) is 5.41 Å². The lowest BCUT2D eigenvalue weighted by Gasteiger charge is -2.43. The molecule has 1 aliphatic rings. The lowest BCUT2D eigenvalue weighted by molar-refractivity contribution is 0.143. The Morgan fingerprint density at radius 2 is 2.10 bits per heavy atom. The van der Waals surface area contributed by atoms with Crippen LogP contribution in [0.3, 0.4) is 0 Å². The molecule has 20 heavy (non-hydrogen) atoms. The number of imidazole rings is 1. The highest BCUT2D eigenvalue weighted by Gasteiger charge is 2.38. The van der Waals surface area contributed by atoms with E-state index in [2.05, 4.69) is 49.6 Å². The number of benzene rings is 1. The summed E-state index contributed by atoms with van der Waals surface area (Å²) in [4.78, 5) is 4.80. The molecule has 108 valence electrons. The van der Waals surface area contributed by atoms with Crippen LogP contribution in [0.2, 0.25) is 0 Å². The van der Waals surface area contributed by atoms with Gasteiger partial charge in [-0.05, 0) is 30.4 Å². The van der Waals surface area contributed by atoms with Crippen LogP contribution in [0.1, 0.15) is 51.9 Å². The second-order valence-electron chi connectivity index (χ2n) is 6.71. The first-order valence-corrected chi connectivity index (χ1v) is 7.76. The topological polar surface area (TPSA) is 43.8 Å². The monoisotopic (exact) mass is 271 g/mol. The van der Waals surface area contributed by atoms with Gasteiger partial charge in [0.25, 0.3) is 0 Å². The number of fused-ring (bicyclic) bond motifs is 1. The van der Waals surface area contributed by atoms with E-state index in [4.69, 9.17) is 10.7 Å². The Balaban J connectivity index is 2.13. The van der Waals surface area contributed by atoms with Crippen molar-refractivity contribution >= 4 is 11.0 Å². The molecule has 2 unspecified atom stereocenters. The molecule has 1 aromatic carbocycles. The fraction of sp³-hybridized carbons (Fsp3) is 0.588. The van der Waals surface area contributed by atoms with Gasteiger partial charge in [0.05, 0.1) is 17.1 Å². The molecule has 1 saturated carbocycles. The maximum atomic E-state index is 6.61. The van der Waals surface area contributed by atoms with Gasteiger partial charge < -0.3 is 10.3 Å². The van der Waals surface area contributed by atoms with Crippen LogP contribution in [0.4, 0.5) is 0 Å². The second kappa shape index (κ2) is 4.88. The van der Waals surface area contributed by atoms with Crippen molar-refractivity contribution in [2.24, 2.45) is 11.1 Å². The first kappa shape index (κ1) is 13.6. The summed E-state index contributed by atoms with van der Waals surface area (Å²) in [6, 6.07) is 9.00. The van der Waals surface area contributed by atoms with Gasteiger partial charge >= 0.3 is 0 Å². The maximum absolute atomic E-state index is 6.61. The van der Waals surface area contributed by atoms with E-state index in [1.165, 1.54) is 24.2 Å². The molecule has 1 aromatic heterocycles. The van der Waals surface area contributed by atoms with Crippen LogP contribution in [0.25, 0.3) is 11.0 Å². The Labute approximate surface area is 121 Å². The third kappa shape index (κ3) is 2.05.